The van der Waals surface area contributed by atoms with Gasteiger partial charge in [0.15, 0.2) is 0 Å². The molecular weight excluding hydrogens is 442 g/mol. The lowest BCUT2D eigenvalue weighted by Gasteiger charge is -2.46. The zero-order valence-electron chi connectivity index (χ0n) is 18.8. The Morgan fingerprint density at radius 1 is 1.09 bits per heavy atom. The highest BCUT2D eigenvalue weighted by Gasteiger charge is 2.46. The van der Waals surface area contributed by atoms with Gasteiger partial charge >= 0.3 is 0 Å². The van der Waals surface area contributed by atoms with Gasteiger partial charge in [0, 0.05) is 53.8 Å². The Bertz CT molecular complexity index is 1280. The number of H-pyrrole nitrogens is 1. The van der Waals surface area contributed by atoms with Gasteiger partial charge in [0.25, 0.3) is 0 Å². The molecule has 1 fully saturated rings. The van der Waals surface area contributed by atoms with E-state index in [0.717, 1.165) is 22.3 Å². The Labute approximate surface area is 193 Å². The van der Waals surface area contributed by atoms with E-state index in [0.29, 0.717) is 38.2 Å². The highest BCUT2D eigenvalue weighted by atomic mass is 32.2. The number of fused-ring (bicyclic) bond motifs is 4. The number of ether oxygens (including phenoxy) is 2. The Balaban J connectivity index is 1.48. The molecule has 2 aliphatic rings. The van der Waals surface area contributed by atoms with Crippen LogP contribution in [0.3, 0.4) is 0 Å². The van der Waals surface area contributed by atoms with Crippen molar-refractivity contribution in [3.63, 3.8) is 0 Å². The van der Waals surface area contributed by atoms with Crippen molar-refractivity contribution in [3.05, 3.63) is 53.7 Å². The molecule has 0 amide bonds. The van der Waals surface area contributed by atoms with E-state index in [4.69, 9.17) is 9.47 Å². The second-order valence-corrected chi connectivity index (χ2v) is 10.7. The molecule has 1 spiro atoms. The molecule has 0 radical (unpaired) electrons. The van der Waals surface area contributed by atoms with Crippen LogP contribution in [0.15, 0.2) is 47.4 Å². The third-order valence-electron chi connectivity index (χ3n) is 7.14. The van der Waals surface area contributed by atoms with E-state index in [1.807, 2.05) is 12.1 Å². The zero-order chi connectivity index (χ0) is 23.2. The number of hydrogen-bond donors (Lipinski definition) is 3. The molecule has 9 heteroatoms. The molecule has 5 rings (SSSR count). The number of benzene rings is 2. The highest BCUT2D eigenvalue weighted by molar-refractivity contribution is 7.89. The molecule has 0 saturated carbocycles. The van der Waals surface area contributed by atoms with Gasteiger partial charge in [-0.3, -0.25) is 0 Å². The fourth-order valence-electron chi connectivity index (χ4n) is 5.31. The van der Waals surface area contributed by atoms with E-state index in [1.165, 1.54) is 12.7 Å². The van der Waals surface area contributed by atoms with Crippen molar-refractivity contribution in [2.24, 2.45) is 0 Å². The Morgan fingerprint density at radius 3 is 2.52 bits per heavy atom. The van der Waals surface area contributed by atoms with Crippen molar-refractivity contribution in [3.8, 4) is 11.5 Å². The molecule has 3 aromatic rings. The van der Waals surface area contributed by atoms with Crippen molar-refractivity contribution >= 4 is 20.9 Å². The molecule has 1 atom stereocenters. The number of rotatable bonds is 5. The van der Waals surface area contributed by atoms with Crippen molar-refractivity contribution < 1.29 is 23.0 Å². The summed E-state index contributed by atoms with van der Waals surface area (Å²) in [7, 11) is -0.443. The van der Waals surface area contributed by atoms with Gasteiger partial charge in [-0.1, -0.05) is 6.07 Å². The molecule has 33 heavy (non-hydrogen) atoms. The van der Waals surface area contributed by atoms with Crippen molar-refractivity contribution in [1.82, 2.24) is 14.6 Å². The maximum absolute atomic E-state index is 13.3. The standard InChI is InChI=1S/C24H29N3O5S/c1-31-16-4-3-5-18(12-16)33(29,30)27-10-8-24(9-11-27)15-25-21(14-28)23-22(24)19-7-6-17(32-2)13-20(19)26-23/h3-7,12-13,21,25-26,28H,8-11,14-15H2,1-2H3/t21-/m1/s1. The number of aromatic amines is 1. The summed E-state index contributed by atoms with van der Waals surface area (Å²) in [6.45, 7) is 1.53. The van der Waals surface area contributed by atoms with Gasteiger partial charge in [-0.2, -0.15) is 4.31 Å². The van der Waals surface area contributed by atoms with Crippen LogP contribution in [0.5, 0.6) is 11.5 Å². The first-order valence-corrected chi connectivity index (χ1v) is 12.5. The summed E-state index contributed by atoms with van der Waals surface area (Å²) in [5.41, 5.74) is 2.92. The third kappa shape index (κ3) is 3.59. The van der Waals surface area contributed by atoms with Crippen LogP contribution in [-0.2, 0) is 15.4 Å². The minimum absolute atomic E-state index is 0.0105. The maximum Gasteiger partial charge on any atom is 0.243 e. The highest BCUT2D eigenvalue weighted by Crippen LogP contribution is 2.46. The number of hydrogen-bond acceptors (Lipinski definition) is 6. The summed E-state index contributed by atoms with van der Waals surface area (Å²) in [6, 6.07) is 12.4. The number of piperidine rings is 1. The number of aliphatic hydroxyl groups excluding tert-OH is 1. The largest absolute Gasteiger partial charge is 0.497 e. The van der Waals surface area contributed by atoms with E-state index >= 15 is 0 Å². The van der Waals surface area contributed by atoms with Crippen LogP contribution in [0.2, 0.25) is 0 Å². The summed E-state index contributed by atoms with van der Waals surface area (Å²) in [4.78, 5) is 3.74. The minimum Gasteiger partial charge on any atom is -0.497 e. The van der Waals surface area contributed by atoms with Gasteiger partial charge in [-0.25, -0.2) is 8.42 Å². The summed E-state index contributed by atoms with van der Waals surface area (Å²) in [5, 5.41) is 14.5. The number of aliphatic hydroxyl groups is 1. The predicted octanol–water partition coefficient (Wildman–Crippen LogP) is 2.54. The Hall–Kier alpha value is -2.59. The van der Waals surface area contributed by atoms with Crippen LogP contribution >= 0.6 is 0 Å². The molecule has 1 aromatic heterocycles. The second-order valence-electron chi connectivity index (χ2n) is 8.80. The Morgan fingerprint density at radius 2 is 1.82 bits per heavy atom. The van der Waals surface area contributed by atoms with E-state index < -0.39 is 10.0 Å². The number of aromatic nitrogens is 1. The first kappa shape index (κ1) is 22.2. The van der Waals surface area contributed by atoms with Crippen molar-refractivity contribution in [2.75, 3.05) is 40.5 Å². The smallest absolute Gasteiger partial charge is 0.243 e. The van der Waals surface area contributed by atoms with Crippen molar-refractivity contribution in [1.29, 1.82) is 0 Å². The van der Waals surface area contributed by atoms with Crippen LogP contribution < -0.4 is 14.8 Å². The fourth-order valence-corrected chi connectivity index (χ4v) is 6.79. The molecule has 8 nitrogen and oxygen atoms in total. The number of nitrogens with zero attached hydrogens (tertiary/aromatic N) is 1. The summed E-state index contributed by atoms with van der Waals surface area (Å²) in [6.07, 6.45) is 1.38. The average Bonchev–Trinajstić information content (AvgIpc) is 3.24. The topological polar surface area (TPSA) is 104 Å². The SMILES string of the molecule is COc1cccc(S(=O)(=O)N2CCC3(CC2)CN[C@H](CO)c2[nH]c4cc(OC)ccc4c23)c1. The van der Waals surface area contributed by atoms with Crippen LogP contribution in [0.4, 0.5) is 0 Å². The van der Waals surface area contributed by atoms with Gasteiger partial charge in [0.2, 0.25) is 10.0 Å². The number of sulfonamides is 1. The van der Waals surface area contributed by atoms with Crippen LogP contribution in [-0.4, -0.2) is 63.3 Å². The van der Waals surface area contributed by atoms with E-state index in [1.54, 1.807) is 35.7 Å². The molecule has 3 N–H and O–H groups in total. The molecule has 2 aliphatic heterocycles. The predicted molar refractivity (Wildman–Crippen MR) is 125 cm³/mol. The molecule has 0 unspecified atom stereocenters. The van der Waals surface area contributed by atoms with Crippen molar-refractivity contribution in [2.45, 2.75) is 29.2 Å². The van der Waals surface area contributed by atoms with E-state index in [9.17, 15) is 13.5 Å². The molecule has 0 aliphatic carbocycles. The lowest BCUT2D eigenvalue weighted by molar-refractivity contribution is 0.178. The molecular formula is C24H29N3O5S. The van der Waals surface area contributed by atoms with Gasteiger partial charge in [0.05, 0.1) is 31.8 Å². The fraction of sp³-hybridized carbons (Fsp3) is 0.417. The normalized spacial score (nSPS) is 20.6. The van der Waals surface area contributed by atoms with Gasteiger partial charge in [-0.15, -0.1) is 0 Å². The third-order valence-corrected chi connectivity index (χ3v) is 9.04. The second kappa shape index (κ2) is 8.32. The van der Waals surface area contributed by atoms with Gasteiger partial charge in [0.1, 0.15) is 11.5 Å². The summed E-state index contributed by atoms with van der Waals surface area (Å²) >= 11 is 0. The number of nitrogens with one attached hydrogen (secondary N) is 2. The van der Waals surface area contributed by atoms with E-state index in [2.05, 4.69) is 16.4 Å². The van der Waals surface area contributed by atoms with Crippen LogP contribution in [0.1, 0.15) is 30.1 Å². The first-order valence-electron chi connectivity index (χ1n) is 11.1. The van der Waals surface area contributed by atoms with Gasteiger partial charge < -0.3 is 24.9 Å². The molecule has 1 saturated heterocycles. The summed E-state index contributed by atoms with van der Waals surface area (Å²) < 4.78 is 38.8. The minimum atomic E-state index is -3.61. The molecule has 176 valence electrons. The van der Waals surface area contributed by atoms with Crippen LogP contribution in [0, 0.1) is 0 Å². The van der Waals surface area contributed by atoms with Gasteiger partial charge in [-0.05, 0) is 42.7 Å². The lowest BCUT2D eigenvalue weighted by Crippen LogP contribution is -2.53. The molecule has 2 aromatic carbocycles. The zero-order valence-corrected chi connectivity index (χ0v) is 19.6. The monoisotopic (exact) mass is 471 g/mol. The maximum atomic E-state index is 13.3. The number of methoxy groups -OCH3 is 2. The Kier molecular flexibility index (Phi) is 5.60. The molecule has 3 heterocycles. The summed E-state index contributed by atoms with van der Waals surface area (Å²) in [5.74, 6) is 1.29. The molecule has 0 bridgehead atoms. The quantitative estimate of drug-likeness (QED) is 0.528. The average molecular weight is 472 g/mol. The lowest BCUT2D eigenvalue weighted by atomic mass is 9.69. The first-order chi connectivity index (χ1) is 15.9. The van der Waals surface area contributed by atoms with Crippen LogP contribution in [0.25, 0.3) is 10.9 Å². The van der Waals surface area contributed by atoms with E-state index in [-0.39, 0.29) is 23.0 Å².